The van der Waals surface area contributed by atoms with Crippen LogP contribution < -0.4 is 10.4 Å². The molecular weight excluding hydrogens is 581 g/mol. The van der Waals surface area contributed by atoms with Gasteiger partial charge < -0.3 is 23.1 Å². The lowest BCUT2D eigenvalue weighted by Crippen LogP contribution is -2.67. The fraction of sp³-hybridized carbons (Fsp3) is 0.622. The standard InChI is InChI=1S/C37H58O5Si2/c1-11-12-23-37(38-24-25-39-37)29(2)26-33-34(42-43(9,10)35(3,4)5)27-30(41-33)28-40-44(36(6,7)8,31-19-15-13-16-20-31)32-21-17-14-18-22-32/h11,13-22,29-30,33-34H,1,12,23-28H2,2-10H3/t29-,30+,33-,34-/m1/s1. The first-order valence-electron chi connectivity index (χ1n) is 16.6. The molecule has 2 saturated heterocycles. The van der Waals surface area contributed by atoms with Gasteiger partial charge in [0, 0.05) is 18.8 Å². The summed E-state index contributed by atoms with van der Waals surface area (Å²) in [5, 5.41) is 2.59. The fourth-order valence-electron chi connectivity index (χ4n) is 6.75. The van der Waals surface area contributed by atoms with Crippen molar-refractivity contribution in [1.29, 1.82) is 0 Å². The highest BCUT2D eigenvalue weighted by Gasteiger charge is 2.52. The minimum Gasteiger partial charge on any atom is -0.411 e. The molecule has 0 radical (unpaired) electrons. The molecule has 0 spiro atoms. The van der Waals surface area contributed by atoms with Crippen LogP contribution in [0.15, 0.2) is 73.3 Å². The topological polar surface area (TPSA) is 46.2 Å². The largest absolute Gasteiger partial charge is 0.411 e. The molecule has 0 amide bonds. The first-order valence-corrected chi connectivity index (χ1v) is 21.4. The molecule has 2 aliphatic rings. The van der Waals surface area contributed by atoms with Crippen molar-refractivity contribution >= 4 is 27.0 Å². The molecule has 5 nitrogen and oxygen atoms in total. The Morgan fingerprint density at radius 3 is 1.93 bits per heavy atom. The number of allylic oxidation sites excluding steroid dienone is 1. The average molecular weight is 639 g/mol. The van der Waals surface area contributed by atoms with Gasteiger partial charge in [0.05, 0.1) is 38.1 Å². The number of rotatable bonds is 13. The molecule has 0 unspecified atom stereocenters. The van der Waals surface area contributed by atoms with Gasteiger partial charge in [0.25, 0.3) is 8.32 Å². The van der Waals surface area contributed by atoms with Crippen LogP contribution in [-0.2, 0) is 23.1 Å². The molecule has 2 aromatic rings. The number of hydrogen-bond donors (Lipinski definition) is 0. The van der Waals surface area contributed by atoms with Crippen LogP contribution in [0.1, 0.15) is 74.1 Å². The van der Waals surface area contributed by atoms with Crippen LogP contribution in [0.4, 0.5) is 0 Å². The summed E-state index contributed by atoms with van der Waals surface area (Å²) >= 11 is 0. The van der Waals surface area contributed by atoms with E-state index >= 15 is 0 Å². The van der Waals surface area contributed by atoms with Gasteiger partial charge in [0.1, 0.15) is 0 Å². The van der Waals surface area contributed by atoms with Crippen molar-refractivity contribution in [3.05, 3.63) is 73.3 Å². The SMILES string of the molecule is C=CCCC1([C@H](C)C[C@H]2O[C@H](CO[Si](c3ccccc3)(c3ccccc3)C(C)(C)C)C[C@H]2O[Si](C)(C)C(C)(C)C)OCCO1. The van der Waals surface area contributed by atoms with E-state index in [9.17, 15) is 0 Å². The normalized spacial score (nSPS) is 23.5. The molecule has 7 heteroatoms. The third-order valence-corrected chi connectivity index (χ3v) is 19.8. The second kappa shape index (κ2) is 14.0. The lowest BCUT2D eigenvalue weighted by atomic mass is 9.89. The number of ether oxygens (including phenoxy) is 3. The molecule has 4 atom stereocenters. The maximum atomic E-state index is 7.33. The number of hydrogen-bond acceptors (Lipinski definition) is 5. The summed E-state index contributed by atoms with van der Waals surface area (Å²) in [5.41, 5.74) is 0. The lowest BCUT2D eigenvalue weighted by molar-refractivity contribution is -0.203. The van der Waals surface area contributed by atoms with Crippen LogP contribution in [0, 0.1) is 5.92 Å². The zero-order valence-corrected chi connectivity index (χ0v) is 30.9. The van der Waals surface area contributed by atoms with E-state index in [1.807, 2.05) is 6.08 Å². The first-order chi connectivity index (χ1) is 20.7. The van der Waals surface area contributed by atoms with Crippen molar-refractivity contribution in [3.8, 4) is 0 Å². The van der Waals surface area contributed by atoms with Gasteiger partial charge >= 0.3 is 0 Å². The summed E-state index contributed by atoms with van der Waals surface area (Å²) < 4.78 is 34.0. The van der Waals surface area contributed by atoms with Gasteiger partial charge in [-0.05, 0) is 46.4 Å². The first kappa shape index (κ1) is 35.3. The zero-order valence-electron chi connectivity index (χ0n) is 28.9. The van der Waals surface area contributed by atoms with Gasteiger partial charge in [-0.15, -0.1) is 6.58 Å². The van der Waals surface area contributed by atoms with E-state index in [1.165, 1.54) is 10.4 Å². The predicted octanol–water partition coefficient (Wildman–Crippen LogP) is 7.85. The minimum absolute atomic E-state index is 0.00366. The third-order valence-electron chi connectivity index (χ3n) is 10.2. The smallest absolute Gasteiger partial charge is 0.261 e. The zero-order chi connectivity index (χ0) is 32.2. The molecule has 44 heavy (non-hydrogen) atoms. The van der Waals surface area contributed by atoms with E-state index in [0.717, 1.165) is 25.7 Å². The second-order valence-electron chi connectivity index (χ2n) is 15.4. The van der Waals surface area contributed by atoms with E-state index < -0.39 is 22.4 Å². The Balaban J connectivity index is 1.62. The van der Waals surface area contributed by atoms with Gasteiger partial charge in [-0.1, -0.05) is 115 Å². The molecule has 2 aliphatic heterocycles. The lowest BCUT2D eigenvalue weighted by Gasteiger charge is -2.43. The Morgan fingerprint density at radius 1 is 0.909 bits per heavy atom. The molecule has 0 bridgehead atoms. The molecular formula is C37H58O5Si2. The van der Waals surface area contributed by atoms with Crippen molar-refractivity contribution in [2.75, 3.05) is 19.8 Å². The van der Waals surface area contributed by atoms with E-state index in [1.54, 1.807) is 0 Å². The Labute approximate surface area is 269 Å². The Kier molecular flexibility index (Phi) is 11.3. The fourth-order valence-corrected chi connectivity index (χ4v) is 12.7. The molecule has 0 aliphatic carbocycles. The van der Waals surface area contributed by atoms with Crippen LogP contribution in [0.25, 0.3) is 0 Å². The van der Waals surface area contributed by atoms with Gasteiger partial charge in [0.2, 0.25) is 0 Å². The van der Waals surface area contributed by atoms with E-state index in [-0.39, 0.29) is 34.3 Å². The van der Waals surface area contributed by atoms with Crippen LogP contribution in [0.5, 0.6) is 0 Å². The molecule has 0 saturated carbocycles. The Hall–Kier alpha value is -1.59. The van der Waals surface area contributed by atoms with Crippen LogP contribution in [0.3, 0.4) is 0 Å². The monoisotopic (exact) mass is 638 g/mol. The summed E-state index contributed by atoms with van der Waals surface area (Å²) in [4.78, 5) is 0. The summed E-state index contributed by atoms with van der Waals surface area (Å²) in [7, 11) is -4.73. The van der Waals surface area contributed by atoms with Crippen molar-refractivity contribution in [3.63, 3.8) is 0 Å². The van der Waals surface area contributed by atoms with Gasteiger partial charge in [-0.3, -0.25) is 0 Å². The van der Waals surface area contributed by atoms with Crippen molar-refractivity contribution < 1.29 is 23.1 Å². The summed E-state index contributed by atoms with van der Waals surface area (Å²) in [5.74, 6) is -0.445. The maximum Gasteiger partial charge on any atom is 0.261 e. The van der Waals surface area contributed by atoms with Crippen LogP contribution in [0.2, 0.25) is 23.2 Å². The summed E-state index contributed by atoms with van der Waals surface area (Å²) in [6.45, 7) is 26.6. The summed E-state index contributed by atoms with van der Waals surface area (Å²) in [6.07, 6.45) is 5.14. The highest BCUT2D eigenvalue weighted by molar-refractivity contribution is 6.99. The summed E-state index contributed by atoms with van der Waals surface area (Å²) in [6, 6.07) is 21.7. The number of benzene rings is 2. The molecule has 244 valence electrons. The highest BCUT2D eigenvalue weighted by atomic mass is 28.4. The van der Waals surface area contributed by atoms with Gasteiger partial charge in [-0.25, -0.2) is 0 Å². The molecule has 4 rings (SSSR count). The molecule has 0 N–H and O–H groups in total. The molecule has 2 fully saturated rings. The quantitative estimate of drug-likeness (QED) is 0.165. The van der Waals surface area contributed by atoms with Crippen molar-refractivity contribution in [1.82, 2.24) is 0 Å². The molecule has 2 heterocycles. The molecule has 0 aromatic heterocycles. The Bertz CT molecular complexity index is 1140. The second-order valence-corrected chi connectivity index (χ2v) is 24.5. The predicted molar refractivity (Wildman–Crippen MR) is 187 cm³/mol. The van der Waals surface area contributed by atoms with Gasteiger partial charge in [-0.2, -0.15) is 0 Å². The van der Waals surface area contributed by atoms with Crippen molar-refractivity contribution in [2.45, 2.75) is 121 Å². The third kappa shape index (κ3) is 7.51. The molecule has 2 aromatic carbocycles. The van der Waals surface area contributed by atoms with E-state index in [2.05, 4.69) is 129 Å². The van der Waals surface area contributed by atoms with E-state index in [4.69, 9.17) is 23.1 Å². The Morgan fingerprint density at radius 2 is 1.45 bits per heavy atom. The highest BCUT2D eigenvalue weighted by Crippen LogP contribution is 2.43. The van der Waals surface area contributed by atoms with Crippen molar-refractivity contribution in [2.24, 2.45) is 5.92 Å². The average Bonchev–Trinajstić information content (AvgIpc) is 3.59. The maximum absolute atomic E-state index is 7.33. The van der Waals surface area contributed by atoms with E-state index in [0.29, 0.717) is 19.8 Å². The minimum atomic E-state index is -2.68. The van der Waals surface area contributed by atoms with Crippen LogP contribution in [-0.4, -0.2) is 60.6 Å². The van der Waals surface area contributed by atoms with Crippen LogP contribution >= 0.6 is 0 Å². The van der Waals surface area contributed by atoms with Gasteiger partial charge in [0.15, 0.2) is 14.1 Å².